The number of ether oxygens (including phenoxy) is 1. The number of rotatable bonds is 6. The first-order chi connectivity index (χ1) is 12.6. The number of nitrogens with zero attached hydrogens (tertiary/aromatic N) is 1. The molecule has 0 saturated heterocycles. The van der Waals surface area contributed by atoms with Crippen LogP contribution in [0.3, 0.4) is 0 Å². The topological polar surface area (TPSA) is 96.3 Å². The van der Waals surface area contributed by atoms with Crippen molar-refractivity contribution in [1.82, 2.24) is 4.72 Å². The number of alkyl halides is 3. The van der Waals surface area contributed by atoms with E-state index in [1.807, 2.05) is 10.8 Å². The van der Waals surface area contributed by atoms with Crippen molar-refractivity contribution in [2.75, 3.05) is 6.54 Å². The maximum Gasteiger partial charge on any atom is 0.416 e. The fraction of sp³-hybridized carbons (Fsp3) is 0.176. The molecule has 2 aromatic carbocycles. The van der Waals surface area contributed by atoms with Crippen molar-refractivity contribution in [2.24, 2.45) is 0 Å². The number of hydrogen-bond donors (Lipinski definition) is 1. The summed E-state index contributed by atoms with van der Waals surface area (Å²) in [5.41, 5.74) is -0.101. The number of hydrogen-bond acceptors (Lipinski definition) is 5. The van der Waals surface area contributed by atoms with Gasteiger partial charge in [0.2, 0.25) is 10.0 Å². The molecule has 0 radical (unpaired) electrons. The third-order valence-electron chi connectivity index (χ3n) is 3.36. The smallest absolute Gasteiger partial charge is 0.416 e. The Bertz CT molecular complexity index is 965. The third-order valence-corrected chi connectivity index (χ3v) is 4.76. The van der Waals surface area contributed by atoms with Gasteiger partial charge in [-0.1, -0.05) is 18.2 Å². The molecule has 2 aromatic rings. The Morgan fingerprint density at radius 3 is 2.41 bits per heavy atom. The van der Waals surface area contributed by atoms with Crippen LogP contribution in [0.25, 0.3) is 0 Å². The number of nitriles is 1. The van der Waals surface area contributed by atoms with Gasteiger partial charge in [0.25, 0.3) is 0 Å². The molecule has 0 unspecified atom stereocenters. The molecule has 0 saturated carbocycles. The van der Waals surface area contributed by atoms with E-state index >= 15 is 0 Å². The second kappa shape index (κ2) is 8.20. The molecule has 0 fully saturated rings. The molecule has 0 aliphatic rings. The van der Waals surface area contributed by atoms with Crippen LogP contribution < -0.4 is 4.72 Å². The molecule has 0 aliphatic heterocycles. The predicted molar refractivity (Wildman–Crippen MR) is 87.6 cm³/mol. The highest BCUT2D eigenvalue weighted by atomic mass is 32.2. The number of carbonyl (C=O) groups is 1. The molecular weight excluding hydrogens is 385 g/mol. The molecular formula is C17H13F3N2O4S. The van der Waals surface area contributed by atoms with E-state index in [9.17, 15) is 26.4 Å². The number of benzene rings is 2. The normalized spacial score (nSPS) is 11.6. The van der Waals surface area contributed by atoms with Crippen LogP contribution in [0.15, 0.2) is 53.4 Å². The minimum atomic E-state index is -4.69. The summed E-state index contributed by atoms with van der Waals surface area (Å²) in [5.74, 6) is -0.907. The Morgan fingerprint density at radius 2 is 1.81 bits per heavy atom. The first-order valence-corrected chi connectivity index (χ1v) is 8.92. The largest absolute Gasteiger partial charge is 0.460 e. The van der Waals surface area contributed by atoms with Crippen LogP contribution >= 0.6 is 0 Å². The van der Waals surface area contributed by atoms with E-state index in [-0.39, 0.29) is 6.61 Å². The number of esters is 1. The van der Waals surface area contributed by atoms with Crippen molar-refractivity contribution in [3.63, 3.8) is 0 Å². The Balaban J connectivity index is 1.94. The summed E-state index contributed by atoms with van der Waals surface area (Å²) in [7, 11) is -4.32. The fourth-order valence-corrected chi connectivity index (χ4v) is 2.98. The van der Waals surface area contributed by atoms with Gasteiger partial charge >= 0.3 is 12.1 Å². The van der Waals surface area contributed by atoms with Gasteiger partial charge in [-0.25, -0.2) is 8.42 Å². The first kappa shape index (κ1) is 20.4. The van der Waals surface area contributed by atoms with Crippen LogP contribution in [0.5, 0.6) is 0 Å². The monoisotopic (exact) mass is 398 g/mol. The zero-order valence-corrected chi connectivity index (χ0v) is 14.5. The molecule has 0 spiro atoms. The molecule has 142 valence electrons. The molecule has 2 rings (SSSR count). The molecule has 10 heteroatoms. The summed E-state index contributed by atoms with van der Waals surface area (Å²) in [5, 5.41) is 8.69. The van der Waals surface area contributed by atoms with Crippen molar-refractivity contribution in [3.8, 4) is 6.07 Å². The van der Waals surface area contributed by atoms with E-state index in [1.165, 1.54) is 12.1 Å². The molecule has 1 N–H and O–H groups in total. The Labute approximate surface area is 153 Å². The van der Waals surface area contributed by atoms with Gasteiger partial charge in [-0.3, -0.25) is 4.79 Å². The van der Waals surface area contributed by atoms with Crippen LogP contribution in [0.4, 0.5) is 13.2 Å². The van der Waals surface area contributed by atoms with Gasteiger partial charge in [0.15, 0.2) is 0 Å². The van der Waals surface area contributed by atoms with Crippen LogP contribution in [0, 0.1) is 11.3 Å². The minimum absolute atomic E-state index is 0.143. The molecule has 27 heavy (non-hydrogen) atoms. The van der Waals surface area contributed by atoms with Gasteiger partial charge in [-0.05, 0) is 35.9 Å². The van der Waals surface area contributed by atoms with E-state index in [4.69, 9.17) is 10.00 Å². The highest BCUT2D eigenvalue weighted by molar-refractivity contribution is 7.89. The summed E-state index contributed by atoms with van der Waals surface area (Å²) < 4.78 is 68.9. The van der Waals surface area contributed by atoms with Crippen LogP contribution in [0.1, 0.15) is 16.7 Å². The van der Waals surface area contributed by atoms with Crippen molar-refractivity contribution in [3.05, 3.63) is 65.2 Å². The third kappa shape index (κ3) is 5.80. The highest BCUT2D eigenvalue weighted by Crippen LogP contribution is 2.30. The second-order valence-electron chi connectivity index (χ2n) is 5.32. The average Bonchev–Trinajstić information content (AvgIpc) is 2.64. The van der Waals surface area contributed by atoms with Crippen LogP contribution in [-0.2, 0) is 32.3 Å². The molecule has 0 aliphatic carbocycles. The maximum atomic E-state index is 12.7. The molecule has 0 heterocycles. The lowest BCUT2D eigenvalue weighted by Crippen LogP contribution is -2.30. The zero-order chi connectivity index (χ0) is 20.1. The lowest BCUT2D eigenvalue weighted by Gasteiger charge is -2.10. The van der Waals surface area contributed by atoms with Gasteiger partial charge < -0.3 is 4.74 Å². The average molecular weight is 398 g/mol. The molecule has 0 amide bonds. The maximum absolute atomic E-state index is 12.7. The van der Waals surface area contributed by atoms with Gasteiger partial charge in [-0.15, -0.1) is 0 Å². The lowest BCUT2D eigenvalue weighted by atomic mass is 10.2. The minimum Gasteiger partial charge on any atom is -0.460 e. The summed E-state index contributed by atoms with van der Waals surface area (Å²) in [6.45, 7) is -0.884. The fourth-order valence-electron chi connectivity index (χ4n) is 1.97. The van der Waals surface area contributed by atoms with Crippen molar-refractivity contribution >= 4 is 16.0 Å². The standard InChI is InChI=1S/C17H13F3N2O4S/c18-17(19,20)14-2-1-3-15(8-14)27(24,25)22-10-16(23)26-11-13-6-4-12(9-21)5-7-13/h1-8,22H,10-11H2. The number of halogens is 3. The van der Waals surface area contributed by atoms with E-state index in [1.54, 1.807) is 12.1 Å². The number of carbonyl (C=O) groups excluding carboxylic acids is 1. The van der Waals surface area contributed by atoms with Crippen molar-refractivity contribution in [1.29, 1.82) is 5.26 Å². The van der Waals surface area contributed by atoms with Crippen molar-refractivity contribution in [2.45, 2.75) is 17.7 Å². The predicted octanol–water partition coefficient (Wildman–Crippen LogP) is 2.60. The lowest BCUT2D eigenvalue weighted by molar-refractivity contribution is -0.143. The molecule has 0 bridgehead atoms. The van der Waals surface area contributed by atoms with Crippen molar-refractivity contribution < 1.29 is 31.1 Å². The van der Waals surface area contributed by atoms with E-state index < -0.39 is 39.2 Å². The van der Waals surface area contributed by atoms with Gasteiger partial charge in [0.1, 0.15) is 13.2 Å². The number of sulfonamides is 1. The summed E-state index contributed by atoms with van der Waals surface area (Å²) in [6, 6.07) is 11.3. The summed E-state index contributed by atoms with van der Waals surface area (Å²) >= 11 is 0. The zero-order valence-electron chi connectivity index (χ0n) is 13.7. The molecule has 0 aromatic heterocycles. The van der Waals surface area contributed by atoms with E-state index in [2.05, 4.69) is 0 Å². The van der Waals surface area contributed by atoms with E-state index in [0.29, 0.717) is 17.2 Å². The second-order valence-corrected chi connectivity index (χ2v) is 7.09. The molecule has 0 atom stereocenters. The Kier molecular flexibility index (Phi) is 6.20. The Morgan fingerprint density at radius 1 is 1.15 bits per heavy atom. The SMILES string of the molecule is N#Cc1ccc(COC(=O)CNS(=O)(=O)c2cccc(C(F)(F)F)c2)cc1. The van der Waals surface area contributed by atoms with E-state index in [0.717, 1.165) is 18.2 Å². The van der Waals surface area contributed by atoms with Gasteiger partial charge in [-0.2, -0.15) is 23.2 Å². The summed E-state index contributed by atoms with van der Waals surface area (Å²) in [4.78, 5) is 11.0. The molecule has 6 nitrogen and oxygen atoms in total. The number of nitrogens with one attached hydrogen (secondary N) is 1. The van der Waals surface area contributed by atoms with Crippen LogP contribution in [0.2, 0.25) is 0 Å². The Hall–Kier alpha value is -2.90. The summed E-state index contributed by atoms with van der Waals surface area (Å²) in [6.07, 6.45) is -4.69. The highest BCUT2D eigenvalue weighted by Gasteiger charge is 2.31. The first-order valence-electron chi connectivity index (χ1n) is 7.43. The van der Waals surface area contributed by atoms with Gasteiger partial charge in [0.05, 0.1) is 22.1 Å². The quantitative estimate of drug-likeness (QED) is 0.755. The van der Waals surface area contributed by atoms with Crippen LogP contribution in [-0.4, -0.2) is 20.9 Å². The van der Waals surface area contributed by atoms with Gasteiger partial charge in [0, 0.05) is 0 Å².